The lowest BCUT2D eigenvalue weighted by atomic mass is 9.99. The number of rotatable bonds is 3. The van der Waals surface area contributed by atoms with Crippen LogP contribution < -0.4 is 10.2 Å². The van der Waals surface area contributed by atoms with Gasteiger partial charge in [0.2, 0.25) is 5.95 Å². The minimum absolute atomic E-state index is 0.0520. The highest BCUT2D eigenvalue weighted by Gasteiger charge is 2.31. The number of hydrogen-bond acceptors (Lipinski definition) is 5. The number of imidazole rings is 1. The van der Waals surface area contributed by atoms with Crippen LogP contribution in [0.15, 0.2) is 12.4 Å². The quantitative estimate of drug-likeness (QED) is 0.869. The first-order valence-electron chi connectivity index (χ1n) is 9.28. The number of aromatic nitrogens is 4. The van der Waals surface area contributed by atoms with Crippen molar-refractivity contribution in [3.8, 4) is 0 Å². The van der Waals surface area contributed by atoms with Gasteiger partial charge in [-0.2, -0.15) is 5.10 Å². The number of hydrogen-bond donors (Lipinski definition) is 2. The SMILES string of the molecule is C[C@@H]1Cc2c(C(=O)NC3CCN(c4nccn4C)CC3)n[nH]c2[C@H](C)O1. The molecule has 0 saturated carbocycles. The number of nitrogens with zero attached hydrogens (tertiary/aromatic N) is 4. The van der Waals surface area contributed by atoms with Gasteiger partial charge >= 0.3 is 0 Å². The summed E-state index contributed by atoms with van der Waals surface area (Å²) < 4.78 is 7.82. The molecule has 0 unspecified atom stereocenters. The van der Waals surface area contributed by atoms with Crippen LogP contribution in [0, 0.1) is 0 Å². The van der Waals surface area contributed by atoms with E-state index in [9.17, 15) is 4.79 Å². The number of carbonyl (C=O) groups is 1. The lowest BCUT2D eigenvalue weighted by molar-refractivity contribution is -0.00697. The molecule has 1 amide bonds. The molecule has 0 bridgehead atoms. The molecule has 2 aliphatic heterocycles. The second-order valence-electron chi connectivity index (χ2n) is 7.33. The molecule has 0 spiro atoms. The largest absolute Gasteiger partial charge is 0.369 e. The zero-order chi connectivity index (χ0) is 18.3. The normalized spacial score (nSPS) is 23.7. The van der Waals surface area contributed by atoms with Gasteiger partial charge in [-0.1, -0.05) is 0 Å². The van der Waals surface area contributed by atoms with Gasteiger partial charge in [0.1, 0.15) is 0 Å². The Labute approximate surface area is 152 Å². The van der Waals surface area contributed by atoms with Crippen molar-refractivity contribution in [1.82, 2.24) is 25.1 Å². The first-order valence-corrected chi connectivity index (χ1v) is 9.28. The van der Waals surface area contributed by atoms with Gasteiger partial charge in [-0.05, 0) is 26.7 Å². The van der Waals surface area contributed by atoms with Crippen molar-refractivity contribution >= 4 is 11.9 Å². The van der Waals surface area contributed by atoms with Crippen molar-refractivity contribution in [2.75, 3.05) is 18.0 Å². The van der Waals surface area contributed by atoms with Crippen LogP contribution in [-0.4, -0.2) is 50.9 Å². The monoisotopic (exact) mass is 358 g/mol. The Kier molecular flexibility index (Phi) is 4.44. The fourth-order valence-electron chi connectivity index (χ4n) is 4.00. The summed E-state index contributed by atoms with van der Waals surface area (Å²) in [5.74, 6) is 0.901. The van der Waals surface area contributed by atoms with Crippen molar-refractivity contribution in [2.45, 2.75) is 51.4 Å². The standard InChI is InChI=1S/C18H26N6O2/c1-11-10-14-15(12(2)26-11)21-22-16(14)17(25)20-13-4-7-24(8-5-13)18-19-6-9-23(18)3/h6,9,11-13H,4-5,7-8,10H2,1-3H3,(H,20,25)(H,21,22)/t11-,12+/m1/s1. The number of anilines is 1. The third-order valence-electron chi connectivity index (χ3n) is 5.36. The number of fused-ring (bicyclic) bond motifs is 1. The third kappa shape index (κ3) is 3.09. The van der Waals surface area contributed by atoms with E-state index in [4.69, 9.17) is 4.74 Å². The molecule has 8 heteroatoms. The van der Waals surface area contributed by atoms with E-state index in [2.05, 4.69) is 25.4 Å². The highest BCUT2D eigenvalue weighted by atomic mass is 16.5. The Balaban J connectivity index is 1.39. The second-order valence-corrected chi connectivity index (χ2v) is 7.33. The molecule has 8 nitrogen and oxygen atoms in total. The molecule has 26 heavy (non-hydrogen) atoms. The number of aryl methyl sites for hydroxylation is 1. The molecule has 140 valence electrons. The Morgan fingerprint density at radius 3 is 2.81 bits per heavy atom. The van der Waals surface area contributed by atoms with Crippen LogP contribution in [0.5, 0.6) is 0 Å². The topological polar surface area (TPSA) is 88.1 Å². The predicted octanol–water partition coefficient (Wildman–Crippen LogP) is 1.56. The van der Waals surface area contributed by atoms with Crippen LogP contribution >= 0.6 is 0 Å². The maximum atomic E-state index is 12.8. The average Bonchev–Trinajstić information content (AvgIpc) is 3.22. The summed E-state index contributed by atoms with van der Waals surface area (Å²) in [6, 6.07) is 0.168. The van der Waals surface area contributed by atoms with Crippen LogP contribution in [0.2, 0.25) is 0 Å². The van der Waals surface area contributed by atoms with Gasteiger partial charge < -0.3 is 19.5 Å². The molecule has 2 atom stereocenters. The molecule has 4 rings (SSSR count). The smallest absolute Gasteiger partial charge is 0.272 e. The van der Waals surface area contributed by atoms with Crippen LogP contribution in [-0.2, 0) is 18.2 Å². The van der Waals surface area contributed by atoms with E-state index >= 15 is 0 Å². The number of ether oxygens (including phenoxy) is 1. The summed E-state index contributed by atoms with van der Waals surface area (Å²) in [5.41, 5.74) is 2.45. The molecule has 0 aromatic carbocycles. The Hall–Kier alpha value is -2.35. The molecule has 1 fully saturated rings. The number of H-pyrrole nitrogens is 1. The fraction of sp³-hybridized carbons (Fsp3) is 0.611. The Bertz CT molecular complexity index is 789. The minimum Gasteiger partial charge on any atom is -0.369 e. The first-order chi connectivity index (χ1) is 12.5. The lowest BCUT2D eigenvalue weighted by Gasteiger charge is -2.33. The van der Waals surface area contributed by atoms with E-state index in [-0.39, 0.29) is 24.2 Å². The fourth-order valence-corrected chi connectivity index (χ4v) is 4.00. The van der Waals surface area contributed by atoms with Crippen molar-refractivity contribution in [3.05, 3.63) is 29.3 Å². The van der Waals surface area contributed by atoms with E-state index in [0.29, 0.717) is 5.69 Å². The molecular weight excluding hydrogens is 332 g/mol. The molecule has 0 aliphatic carbocycles. The Morgan fingerprint density at radius 1 is 1.35 bits per heavy atom. The Morgan fingerprint density at radius 2 is 2.12 bits per heavy atom. The number of nitrogens with one attached hydrogen (secondary N) is 2. The van der Waals surface area contributed by atoms with Gasteiger partial charge in [-0.15, -0.1) is 0 Å². The van der Waals surface area contributed by atoms with Gasteiger partial charge in [0.05, 0.1) is 17.9 Å². The van der Waals surface area contributed by atoms with Gasteiger partial charge in [-0.3, -0.25) is 9.89 Å². The maximum Gasteiger partial charge on any atom is 0.272 e. The van der Waals surface area contributed by atoms with Crippen LogP contribution in [0.1, 0.15) is 54.5 Å². The van der Waals surface area contributed by atoms with Crippen molar-refractivity contribution < 1.29 is 9.53 Å². The van der Waals surface area contributed by atoms with E-state index in [1.165, 1.54) is 0 Å². The number of aromatic amines is 1. The van der Waals surface area contributed by atoms with Gasteiger partial charge in [0.15, 0.2) is 5.69 Å². The van der Waals surface area contributed by atoms with E-state index in [0.717, 1.165) is 49.6 Å². The maximum absolute atomic E-state index is 12.8. The molecule has 0 radical (unpaired) electrons. The highest BCUT2D eigenvalue weighted by molar-refractivity contribution is 5.94. The summed E-state index contributed by atoms with van der Waals surface area (Å²) >= 11 is 0. The van der Waals surface area contributed by atoms with Crippen LogP contribution in [0.3, 0.4) is 0 Å². The molecule has 4 heterocycles. The van der Waals surface area contributed by atoms with E-state index in [1.54, 1.807) is 0 Å². The summed E-state index contributed by atoms with van der Waals surface area (Å²) in [5, 5.41) is 10.4. The summed E-state index contributed by atoms with van der Waals surface area (Å²) in [4.78, 5) is 19.4. The second kappa shape index (κ2) is 6.75. The zero-order valence-corrected chi connectivity index (χ0v) is 15.5. The van der Waals surface area contributed by atoms with E-state index < -0.39 is 0 Å². The highest BCUT2D eigenvalue weighted by Crippen LogP contribution is 2.30. The molecule has 2 aliphatic rings. The molecule has 2 aromatic heterocycles. The van der Waals surface area contributed by atoms with Crippen LogP contribution in [0.4, 0.5) is 5.95 Å². The third-order valence-corrected chi connectivity index (χ3v) is 5.36. The van der Waals surface area contributed by atoms with Gasteiger partial charge in [0, 0.05) is 50.6 Å². The minimum atomic E-state index is -0.0840. The first kappa shape index (κ1) is 17.1. The summed E-state index contributed by atoms with van der Waals surface area (Å²) in [6.45, 7) is 5.79. The lowest BCUT2D eigenvalue weighted by Crippen LogP contribution is -2.45. The number of amides is 1. The zero-order valence-electron chi connectivity index (χ0n) is 15.5. The summed E-state index contributed by atoms with van der Waals surface area (Å²) in [6.07, 6.45) is 6.34. The summed E-state index contributed by atoms with van der Waals surface area (Å²) in [7, 11) is 2.00. The average molecular weight is 358 g/mol. The molecule has 2 N–H and O–H groups in total. The molecular formula is C18H26N6O2. The van der Waals surface area contributed by atoms with Gasteiger partial charge in [0.25, 0.3) is 5.91 Å². The molecule has 2 aromatic rings. The predicted molar refractivity (Wildman–Crippen MR) is 97.2 cm³/mol. The van der Waals surface area contributed by atoms with Crippen molar-refractivity contribution in [1.29, 1.82) is 0 Å². The van der Waals surface area contributed by atoms with Crippen LogP contribution in [0.25, 0.3) is 0 Å². The van der Waals surface area contributed by atoms with Crippen molar-refractivity contribution in [2.24, 2.45) is 7.05 Å². The van der Waals surface area contributed by atoms with E-state index in [1.807, 2.05) is 37.9 Å². The van der Waals surface area contributed by atoms with Crippen molar-refractivity contribution in [3.63, 3.8) is 0 Å². The number of piperidine rings is 1. The molecule has 1 saturated heterocycles. The number of carbonyl (C=O) groups excluding carboxylic acids is 1. The van der Waals surface area contributed by atoms with Gasteiger partial charge in [-0.25, -0.2) is 4.98 Å².